The van der Waals surface area contributed by atoms with Gasteiger partial charge in [0.1, 0.15) is 0 Å². The molecule has 6 aromatic carbocycles. The molecule has 1 aromatic heterocycles. The first-order valence-corrected chi connectivity index (χ1v) is 14.9. The Balaban J connectivity index is 1.15. The summed E-state index contributed by atoms with van der Waals surface area (Å²) in [7, 11) is 0. The van der Waals surface area contributed by atoms with Crippen molar-refractivity contribution >= 4 is 27.5 Å². The van der Waals surface area contributed by atoms with Gasteiger partial charge in [-0.3, -0.25) is 5.01 Å². The first kappa shape index (κ1) is 24.2. The quantitative estimate of drug-likeness (QED) is 0.197. The van der Waals surface area contributed by atoms with E-state index in [9.17, 15) is 0 Å². The Bertz CT molecular complexity index is 2070. The van der Waals surface area contributed by atoms with E-state index in [2.05, 4.69) is 178 Å². The smallest absolute Gasteiger partial charge is 0.196 e. The van der Waals surface area contributed by atoms with Crippen molar-refractivity contribution in [2.45, 2.75) is 12.3 Å². The van der Waals surface area contributed by atoms with E-state index in [0.29, 0.717) is 0 Å². The zero-order chi connectivity index (χ0) is 28.3. The van der Waals surface area contributed by atoms with Crippen LogP contribution in [0.3, 0.4) is 0 Å². The molecule has 3 unspecified atom stereocenters. The summed E-state index contributed by atoms with van der Waals surface area (Å²) >= 11 is 0. The molecule has 0 saturated carbocycles. The lowest BCUT2D eigenvalue weighted by atomic mass is 9.99. The standard InChI is InChI=1S/C40H29N3/c1-3-11-28(12-4-1)30-19-23-32(24-20-30)38-27-39(33-25-21-31(22-26-33)29-13-5-2-6-14-29)43-40(42(38)43)41-36-17-9-7-15-34(36)35-16-8-10-18-37(35)41/h1-27,38,40H. The lowest BCUT2D eigenvalue weighted by Crippen LogP contribution is -2.09. The number of nitrogens with zero attached hydrogens (tertiary/aromatic N) is 3. The van der Waals surface area contributed by atoms with Crippen LogP contribution in [0.2, 0.25) is 0 Å². The summed E-state index contributed by atoms with van der Waals surface area (Å²) in [5.74, 6) is 0. The van der Waals surface area contributed by atoms with E-state index in [-0.39, 0.29) is 12.3 Å². The molecule has 204 valence electrons. The minimum atomic E-state index is 0.0948. The van der Waals surface area contributed by atoms with Crippen LogP contribution in [0, 0.1) is 0 Å². The van der Waals surface area contributed by atoms with E-state index < -0.39 is 0 Å². The second-order valence-electron chi connectivity index (χ2n) is 11.4. The largest absolute Gasteiger partial charge is 0.304 e. The third-order valence-electron chi connectivity index (χ3n) is 8.99. The summed E-state index contributed by atoms with van der Waals surface area (Å²) in [6.45, 7) is 0. The number of hydrogen-bond donors (Lipinski definition) is 0. The monoisotopic (exact) mass is 551 g/mol. The molecule has 0 aliphatic carbocycles. The predicted molar refractivity (Wildman–Crippen MR) is 177 cm³/mol. The van der Waals surface area contributed by atoms with Crippen LogP contribution in [0.5, 0.6) is 0 Å². The van der Waals surface area contributed by atoms with Crippen molar-refractivity contribution in [2.24, 2.45) is 0 Å². The maximum Gasteiger partial charge on any atom is 0.196 e. The molecule has 9 rings (SSSR count). The van der Waals surface area contributed by atoms with Gasteiger partial charge in [0.15, 0.2) is 6.29 Å². The van der Waals surface area contributed by atoms with E-state index in [1.807, 2.05) is 0 Å². The minimum Gasteiger partial charge on any atom is -0.304 e. The molecule has 7 aromatic rings. The predicted octanol–water partition coefficient (Wildman–Crippen LogP) is 9.91. The Morgan fingerprint density at radius 1 is 0.395 bits per heavy atom. The van der Waals surface area contributed by atoms with Crippen molar-refractivity contribution in [3.05, 3.63) is 175 Å². The number of hydrogen-bond acceptors (Lipinski definition) is 2. The number of aromatic nitrogens is 1. The maximum atomic E-state index is 2.52. The van der Waals surface area contributed by atoms with Gasteiger partial charge in [-0.05, 0) is 51.6 Å². The topological polar surface area (TPSA) is 10.9 Å². The lowest BCUT2D eigenvalue weighted by molar-refractivity contribution is 0.357. The molecule has 3 heterocycles. The highest BCUT2D eigenvalue weighted by Crippen LogP contribution is 2.58. The van der Waals surface area contributed by atoms with Crippen molar-refractivity contribution in [3.8, 4) is 22.3 Å². The Kier molecular flexibility index (Phi) is 5.40. The molecule has 0 bridgehead atoms. The van der Waals surface area contributed by atoms with Crippen LogP contribution in [0.1, 0.15) is 23.5 Å². The van der Waals surface area contributed by atoms with Gasteiger partial charge in [0, 0.05) is 10.8 Å². The number of para-hydroxylation sites is 2. The molecule has 2 aliphatic rings. The van der Waals surface area contributed by atoms with Crippen molar-refractivity contribution < 1.29 is 0 Å². The Labute approximate surface area is 251 Å². The number of hydrazine groups is 1. The van der Waals surface area contributed by atoms with Gasteiger partial charge in [-0.1, -0.05) is 146 Å². The summed E-state index contributed by atoms with van der Waals surface area (Å²) in [4.78, 5) is 0. The first-order valence-electron chi connectivity index (χ1n) is 14.9. The van der Waals surface area contributed by atoms with Crippen LogP contribution in [0.4, 0.5) is 0 Å². The van der Waals surface area contributed by atoms with Gasteiger partial charge in [0.05, 0.1) is 22.8 Å². The van der Waals surface area contributed by atoms with E-state index in [0.717, 1.165) is 0 Å². The normalized spacial score (nSPS) is 19.0. The lowest BCUT2D eigenvalue weighted by Gasteiger charge is -2.15. The molecule has 3 heteroatoms. The van der Waals surface area contributed by atoms with E-state index in [1.54, 1.807) is 0 Å². The number of benzene rings is 6. The molecule has 0 radical (unpaired) electrons. The van der Waals surface area contributed by atoms with Gasteiger partial charge in [-0.2, -0.15) is 5.01 Å². The van der Waals surface area contributed by atoms with E-state index >= 15 is 0 Å². The molecule has 3 nitrogen and oxygen atoms in total. The van der Waals surface area contributed by atoms with Crippen LogP contribution in [0.25, 0.3) is 49.8 Å². The van der Waals surface area contributed by atoms with Crippen LogP contribution < -0.4 is 0 Å². The van der Waals surface area contributed by atoms with E-state index in [4.69, 9.17) is 0 Å². The van der Waals surface area contributed by atoms with Crippen LogP contribution in [-0.2, 0) is 0 Å². The SMILES string of the molecule is C1=C(c2ccc(-c3ccccc3)cc2)N2C(n3c4ccccc4c4ccccc43)N2C1c1ccc(-c2ccccc2)cc1. The minimum absolute atomic E-state index is 0.0948. The molecule has 1 fully saturated rings. The van der Waals surface area contributed by atoms with Crippen molar-refractivity contribution in [3.63, 3.8) is 0 Å². The molecular formula is C40H29N3. The third-order valence-corrected chi connectivity index (χ3v) is 8.99. The molecule has 0 N–H and O–H groups in total. The third kappa shape index (κ3) is 3.86. The zero-order valence-corrected chi connectivity index (χ0v) is 23.6. The highest BCUT2D eigenvalue weighted by atomic mass is 15.9. The van der Waals surface area contributed by atoms with Crippen LogP contribution in [-0.4, -0.2) is 14.6 Å². The highest BCUT2D eigenvalue weighted by molar-refractivity contribution is 6.08. The van der Waals surface area contributed by atoms with Gasteiger partial charge in [0.2, 0.25) is 0 Å². The van der Waals surface area contributed by atoms with Crippen molar-refractivity contribution in [1.29, 1.82) is 0 Å². The average molecular weight is 552 g/mol. The molecule has 43 heavy (non-hydrogen) atoms. The summed E-state index contributed by atoms with van der Waals surface area (Å²) in [6.07, 6.45) is 2.52. The summed E-state index contributed by atoms with van der Waals surface area (Å²) in [6, 6.07) is 57.1. The fourth-order valence-electron chi connectivity index (χ4n) is 6.88. The molecule has 0 spiro atoms. The second kappa shape index (κ2) is 9.59. The zero-order valence-electron chi connectivity index (χ0n) is 23.6. The number of fused-ring (bicyclic) bond motifs is 4. The van der Waals surface area contributed by atoms with Crippen molar-refractivity contribution in [2.75, 3.05) is 0 Å². The average Bonchev–Trinajstić information content (AvgIpc) is 3.51. The molecule has 0 amide bonds. The molecule has 2 aliphatic heterocycles. The van der Waals surface area contributed by atoms with Crippen LogP contribution >= 0.6 is 0 Å². The van der Waals surface area contributed by atoms with Gasteiger partial charge >= 0.3 is 0 Å². The van der Waals surface area contributed by atoms with Gasteiger partial charge in [0.25, 0.3) is 0 Å². The Hall–Kier alpha value is -5.38. The van der Waals surface area contributed by atoms with E-state index in [1.165, 1.54) is 60.9 Å². The Morgan fingerprint density at radius 2 is 0.837 bits per heavy atom. The fourth-order valence-corrected chi connectivity index (χ4v) is 6.88. The molecular weight excluding hydrogens is 522 g/mol. The van der Waals surface area contributed by atoms with Gasteiger partial charge < -0.3 is 4.57 Å². The Morgan fingerprint density at radius 3 is 1.40 bits per heavy atom. The summed E-state index contributed by atoms with van der Waals surface area (Å²) < 4.78 is 2.52. The van der Waals surface area contributed by atoms with Gasteiger partial charge in [-0.25, -0.2) is 0 Å². The molecule has 1 saturated heterocycles. The fraction of sp³-hybridized carbons (Fsp3) is 0.0500. The summed E-state index contributed by atoms with van der Waals surface area (Å²) in [5, 5.41) is 7.60. The first-order chi connectivity index (χ1) is 21.3. The summed E-state index contributed by atoms with van der Waals surface area (Å²) in [5.41, 5.74) is 11.3. The van der Waals surface area contributed by atoms with Crippen molar-refractivity contribution in [1.82, 2.24) is 14.6 Å². The van der Waals surface area contributed by atoms with Gasteiger partial charge in [-0.15, -0.1) is 0 Å². The second-order valence-corrected chi connectivity index (χ2v) is 11.4. The van der Waals surface area contributed by atoms with Crippen LogP contribution in [0.15, 0.2) is 164 Å². The number of rotatable bonds is 5. The highest BCUT2D eigenvalue weighted by Gasteiger charge is 2.57. The maximum absolute atomic E-state index is 2.52. The molecule has 3 atom stereocenters.